The molecule has 0 radical (unpaired) electrons. The molecule has 0 spiro atoms. The minimum Gasteiger partial charge on any atom is -0.480 e. The molecule has 0 bridgehead atoms. The van der Waals surface area contributed by atoms with E-state index in [9.17, 15) is 14.7 Å². The van der Waals surface area contributed by atoms with E-state index in [1.54, 1.807) is 12.0 Å². The van der Waals surface area contributed by atoms with Crippen LogP contribution in [0.3, 0.4) is 0 Å². The van der Waals surface area contributed by atoms with E-state index < -0.39 is 12.0 Å². The molecule has 6 heteroatoms. The molecule has 20 heavy (non-hydrogen) atoms. The molecular formula is C14H26N2O4. The number of aliphatic carboxylic acids is 1. The first-order valence-corrected chi connectivity index (χ1v) is 7.37. The fourth-order valence-electron chi connectivity index (χ4n) is 2.68. The Morgan fingerprint density at radius 3 is 2.50 bits per heavy atom. The summed E-state index contributed by atoms with van der Waals surface area (Å²) in [6.07, 6.45) is 5.01. The molecule has 0 aromatic carbocycles. The molecule has 1 saturated carbocycles. The van der Waals surface area contributed by atoms with Crippen LogP contribution >= 0.6 is 0 Å². The van der Waals surface area contributed by atoms with E-state index in [1.165, 1.54) is 0 Å². The number of urea groups is 1. The summed E-state index contributed by atoms with van der Waals surface area (Å²) < 4.78 is 4.96. The highest BCUT2D eigenvalue weighted by atomic mass is 16.5. The summed E-state index contributed by atoms with van der Waals surface area (Å²) in [7, 11) is 1.58. The van der Waals surface area contributed by atoms with Gasteiger partial charge in [-0.1, -0.05) is 19.3 Å². The number of rotatable bonds is 7. The average Bonchev–Trinajstić information content (AvgIpc) is 2.46. The lowest BCUT2D eigenvalue weighted by Crippen LogP contribution is -2.52. The highest BCUT2D eigenvalue weighted by molar-refractivity contribution is 5.82. The number of hydrogen-bond donors (Lipinski definition) is 2. The van der Waals surface area contributed by atoms with Gasteiger partial charge in [0.05, 0.1) is 6.61 Å². The lowest BCUT2D eigenvalue weighted by molar-refractivity contribution is -0.141. The van der Waals surface area contributed by atoms with E-state index in [1.807, 2.05) is 6.92 Å². The minimum atomic E-state index is -0.937. The molecule has 1 rings (SSSR count). The van der Waals surface area contributed by atoms with Crippen molar-refractivity contribution in [2.45, 2.75) is 45.1 Å². The number of carbonyl (C=O) groups is 2. The fourth-order valence-corrected chi connectivity index (χ4v) is 2.68. The Labute approximate surface area is 120 Å². The van der Waals surface area contributed by atoms with Gasteiger partial charge in [0.25, 0.3) is 0 Å². The van der Waals surface area contributed by atoms with Gasteiger partial charge in [-0.05, 0) is 25.7 Å². The van der Waals surface area contributed by atoms with Gasteiger partial charge in [0.1, 0.15) is 6.04 Å². The van der Waals surface area contributed by atoms with E-state index in [4.69, 9.17) is 4.74 Å². The number of nitrogens with zero attached hydrogens (tertiary/aromatic N) is 1. The van der Waals surface area contributed by atoms with Crippen LogP contribution in [0, 0.1) is 5.92 Å². The summed E-state index contributed by atoms with van der Waals surface area (Å²) in [6, 6.07) is -1.10. The van der Waals surface area contributed by atoms with Crippen molar-refractivity contribution in [2.75, 3.05) is 26.8 Å². The normalized spacial score (nSPS) is 17.5. The van der Waals surface area contributed by atoms with Crippen LogP contribution < -0.4 is 5.32 Å². The van der Waals surface area contributed by atoms with Crippen LogP contribution in [0.4, 0.5) is 4.79 Å². The Kier molecular flexibility index (Phi) is 7.36. The number of carboxylic acid groups (broad SMARTS) is 1. The number of hydrogen-bond acceptors (Lipinski definition) is 3. The van der Waals surface area contributed by atoms with Crippen LogP contribution in [-0.2, 0) is 9.53 Å². The lowest BCUT2D eigenvalue weighted by Gasteiger charge is -2.30. The third-order valence-electron chi connectivity index (χ3n) is 3.90. The molecule has 2 N–H and O–H groups in total. The lowest BCUT2D eigenvalue weighted by atomic mass is 9.84. The molecule has 1 unspecified atom stereocenters. The Balaban J connectivity index is 2.59. The van der Waals surface area contributed by atoms with Crippen LogP contribution in [0.2, 0.25) is 0 Å². The number of nitrogens with one attached hydrogen (secondary N) is 1. The molecule has 0 aliphatic heterocycles. The first kappa shape index (κ1) is 16.8. The summed E-state index contributed by atoms with van der Waals surface area (Å²) in [5.41, 5.74) is 0. The fraction of sp³-hybridized carbons (Fsp3) is 0.857. The van der Waals surface area contributed by atoms with Crippen LogP contribution in [0.5, 0.6) is 0 Å². The maximum Gasteiger partial charge on any atom is 0.326 e. The third kappa shape index (κ3) is 5.00. The summed E-state index contributed by atoms with van der Waals surface area (Å²) in [5.74, 6) is -0.889. The Morgan fingerprint density at radius 2 is 2.00 bits per heavy atom. The molecule has 116 valence electrons. The quantitative estimate of drug-likeness (QED) is 0.746. The average molecular weight is 286 g/mol. The van der Waals surface area contributed by atoms with Crippen LogP contribution in [0.15, 0.2) is 0 Å². The maximum atomic E-state index is 12.1. The molecule has 0 aromatic rings. The Bertz CT molecular complexity index is 316. The maximum absolute atomic E-state index is 12.1. The number of carbonyl (C=O) groups excluding carboxylic acids is 1. The largest absolute Gasteiger partial charge is 0.480 e. The van der Waals surface area contributed by atoms with E-state index in [0.717, 1.165) is 32.1 Å². The van der Waals surface area contributed by atoms with Crippen molar-refractivity contribution in [3.63, 3.8) is 0 Å². The molecule has 0 saturated heterocycles. The smallest absolute Gasteiger partial charge is 0.326 e. The summed E-state index contributed by atoms with van der Waals surface area (Å²) in [4.78, 5) is 25.1. The zero-order chi connectivity index (χ0) is 15.0. The summed E-state index contributed by atoms with van der Waals surface area (Å²) in [6.45, 7) is 3.32. The Hall–Kier alpha value is -1.30. The molecule has 2 amide bonds. The van der Waals surface area contributed by atoms with E-state index in [-0.39, 0.29) is 11.9 Å². The standard InChI is InChI=1S/C14H26N2O4/c1-3-16(9-10-20-2)14(19)15-12(13(17)18)11-7-5-4-6-8-11/h11-12H,3-10H2,1-2H3,(H,15,19)(H,17,18). The molecule has 0 heterocycles. The molecule has 1 aliphatic rings. The van der Waals surface area contributed by atoms with Crippen LogP contribution in [0.1, 0.15) is 39.0 Å². The molecule has 1 atom stereocenters. The van der Waals surface area contributed by atoms with Crippen LogP contribution in [0.25, 0.3) is 0 Å². The zero-order valence-corrected chi connectivity index (χ0v) is 12.4. The van der Waals surface area contributed by atoms with Crippen molar-refractivity contribution in [3.05, 3.63) is 0 Å². The van der Waals surface area contributed by atoms with Crippen molar-refractivity contribution < 1.29 is 19.4 Å². The minimum absolute atomic E-state index is 0.0475. The van der Waals surface area contributed by atoms with Crippen molar-refractivity contribution in [1.82, 2.24) is 10.2 Å². The first-order valence-electron chi connectivity index (χ1n) is 7.37. The van der Waals surface area contributed by atoms with Gasteiger partial charge in [0.15, 0.2) is 0 Å². The number of likely N-dealkylation sites (N-methyl/N-ethyl adjacent to an activating group) is 1. The highest BCUT2D eigenvalue weighted by Gasteiger charge is 2.31. The summed E-state index contributed by atoms with van der Waals surface area (Å²) in [5, 5.41) is 12.0. The molecule has 6 nitrogen and oxygen atoms in total. The van der Waals surface area contributed by atoms with Gasteiger partial charge in [-0.2, -0.15) is 0 Å². The van der Waals surface area contributed by atoms with Gasteiger partial charge in [0, 0.05) is 20.2 Å². The number of ether oxygens (including phenoxy) is 1. The van der Waals surface area contributed by atoms with Crippen molar-refractivity contribution in [1.29, 1.82) is 0 Å². The van der Waals surface area contributed by atoms with Crippen molar-refractivity contribution >= 4 is 12.0 Å². The van der Waals surface area contributed by atoms with Crippen LogP contribution in [-0.4, -0.2) is 54.9 Å². The Morgan fingerprint density at radius 1 is 1.35 bits per heavy atom. The molecule has 1 aliphatic carbocycles. The number of carboxylic acids is 1. The molecule has 1 fully saturated rings. The molecule has 0 aromatic heterocycles. The monoisotopic (exact) mass is 286 g/mol. The van der Waals surface area contributed by atoms with Gasteiger partial charge >= 0.3 is 12.0 Å². The second kappa shape index (κ2) is 8.79. The topological polar surface area (TPSA) is 78.9 Å². The van der Waals surface area contributed by atoms with Gasteiger partial charge in [-0.3, -0.25) is 0 Å². The van der Waals surface area contributed by atoms with Gasteiger partial charge in [-0.15, -0.1) is 0 Å². The van der Waals surface area contributed by atoms with Gasteiger partial charge < -0.3 is 20.1 Å². The van der Waals surface area contributed by atoms with E-state index in [0.29, 0.717) is 19.7 Å². The predicted molar refractivity (Wildman–Crippen MR) is 75.7 cm³/mol. The SMILES string of the molecule is CCN(CCOC)C(=O)NC(C(=O)O)C1CCCCC1. The van der Waals surface area contributed by atoms with Crippen molar-refractivity contribution in [2.24, 2.45) is 5.92 Å². The third-order valence-corrected chi connectivity index (χ3v) is 3.90. The van der Waals surface area contributed by atoms with E-state index >= 15 is 0 Å². The van der Waals surface area contributed by atoms with Gasteiger partial charge in [-0.25, -0.2) is 9.59 Å². The first-order chi connectivity index (χ1) is 9.60. The second-order valence-electron chi connectivity index (χ2n) is 5.24. The van der Waals surface area contributed by atoms with E-state index in [2.05, 4.69) is 5.32 Å². The zero-order valence-electron chi connectivity index (χ0n) is 12.4. The van der Waals surface area contributed by atoms with Gasteiger partial charge in [0.2, 0.25) is 0 Å². The highest BCUT2D eigenvalue weighted by Crippen LogP contribution is 2.26. The molecular weight excluding hydrogens is 260 g/mol. The number of amides is 2. The van der Waals surface area contributed by atoms with Crippen molar-refractivity contribution in [3.8, 4) is 0 Å². The predicted octanol–water partition coefficient (Wildman–Crippen LogP) is 1.70. The number of methoxy groups -OCH3 is 1. The second-order valence-corrected chi connectivity index (χ2v) is 5.24. The summed E-state index contributed by atoms with van der Waals surface area (Å²) >= 11 is 0.